The van der Waals surface area contributed by atoms with Gasteiger partial charge in [0.05, 0.1) is 16.7 Å². The van der Waals surface area contributed by atoms with Crippen molar-refractivity contribution in [1.29, 1.82) is 0 Å². The van der Waals surface area contributed by atoms with Crippen molar-refractivity contribution in [2.24, 2.45) is 0 Å². The molecule has 0 saturated heterocycles. The molecule has 1 aliphatic carbocycles. The lowest BCUT2D eigenvalue weighted by molar-refractivity contribution is 0.825. The van der Waals surface area contributed by atoms with E-state index in [2.05, 4.69) is 158 Å². The standard InChI is InChI=1S/C44H30N2/c1-3-11-29(12-4-1)39-27-25-33-23-24-34-26-28-40(46-44(34)43(33)45-39)30-19-21-32(22-20-30)42-37-17-9-7-15-35(37)41(31-13-5-2-6-14-31)36-16-8-10-18-38(36)42/h1-19,21-28,30H,20H2. The van der Waals surface area contributed by atoms with Gasteiger partial charge >= 0.3 is 0 Å². The van der Waals surface area contributed by atoms with E-state index in [0.717, 1.165) is 45.2 Å². The highest BCUT2D eigenvalue weighted by atomic mass is 14.8. The summed E-state index contributed by atoms with van der Waals surface area (Å²) in [6.07, 6.45) is 7.94. The highest BCUT2D eigenvalue weighted by molar-refractivity contribution is 6.19. The fraction of sp³-hybridized carbons (Fsp3) is 0.0455. The van der Waals surface area contributed by atoms with Crippen LogP contribution in [-0.4, -0.2) is 9.97 Å². The molecule has 0 aliphatic heterocycles. The van der Waals surface area contributed by atoms with Gasteiger partial charge in [-0.25, -0.2) is 9.97 Å². The summed E-state index contributed by atoms with van der Waals surface area (Å²) < 4.78 is 0. The number of benzene rings is 6. The van der Waals surface area contributed by atoms with Gasteiger partial charge in [0.25, 0.3) is 0 Å². The van der Waals surface area contributed by atoms with E-state index in [-0.39, 0.29) is 5.92 Å². The highest BCUT2D eigenvalue weighted by Gasteiger charge is 2.20. The smallest absolute Gasteiger partial charge is 0.0972 e. The Kier molecular flexibility index (Phi) is 6.31. The first-order chi connectivity index (χ1) is 22.8. The van der Waals surface area contributed by atoms with Crippen molar-refractivity contribution < 1.29 is 0 Å². The largest absolute Gasteiger partial charge is 0.250 e. The Hall–Kier alpha value is -5.86. The molecule has 9 rings (SSSR count). The maximum Gasteiger partial charge on any atom is 0.0972 e. The molecular formula is C44H30N2. The number of pyridine rings is 2. The summed E-state index contributed by atoms with van der Waals surface area (Å²) in [6, 6.07) is 51.8. The fourth-order valence-electron chi connectivity index (χ4n) is 7.14. The molecule has 2 nitrogen and oxygen atoms in total. The SMILES string of the molecule is C1=CC(c2ccc3ccc4ccc(-c5ccccc5)nc4c3n2)CC=C1c1c2ccccc2c(-c2ccccc2)c2ccccc12. The minimum Gasteiger partial charge on any atom is -0.250 e. The number of aromatic nitrogens is 2. The van der Waals surface area contributed by atoms with Crippen LogP contribution in [0.25, 0.3) is 71.3 Å². The van der Waals surface area contributed by atoms with Crippen molar-refractivity contribution >= 4 is 48.9 Å². The van der Waals surface area contributed by atoms with Crippen LogP contribution in [0, 0.1) is 0 Å². The Bertz CT molecular complexity index is 2430. The number of hydrogen-bond acceptors (Lipinski definition) is 2. The van der Waals surface area contributed by atoms with Crippen LogP contribution in [0.1, 0.15) is 23.6 Å². The lowest BCUT2D eigenvalue weighted by atomic mass is 9.83. The van der Waals surface area contributed by atoms with Crippen LogP contribution in [0.3, 0.4) is 0 Å². The Morgan fingerprint density at radius 3 is 1.59 bits per heavy atom. The first-order valence-corrected chi connectivity index (χ1v) is 16.0. The lowest BCUT2D eigenvalue weighted by Crippen LogP contribution is -2.03. The maximum absolute atomic E-state index is 5.26. The Morgan fingerprint density at radius 2 is 0.978 bits per heavy atom. The second kappa shape index (κ2) is 10.9. The lowest BCUT2D eigenvalue weighted by Gasteiger charge is -2.21. The van der Waals surface area contributed by atoms with Crippen molar-refractivity contribution in [3.8, 4) is 22.4 Å². The molecule has 1 aliphatic rings. The van der Waals surface area contributed by atoms with Crippen molar-refractivity contribution in [3.05, 3.63) is 175 Å². The Labute approximate surface area is 268 Å². The van der Waals surface area contributed by atoms with Crippen molar-refractivity contribution in [2.75, 3.05) is 0 Å². The molecular weight excluding hydrogens is 556 g/mol. The van der Waals surface area contributed by atoms with Crippen molar-refractivity contribution in [2.45, 2.75) is 12.3 Å². The van der Waals surface area contributed by atoms with Gasteiger partial charge in [0.1, 0.15) is 0 Å². The highest BCUT2D eigenvalue weighted by Crippen LogP contribution is 2.43. The third kappa shape index (κ3) is 4.42. The molecule has 46 heavy (non-hydrogen) atoms. The molecule has 2 heteroatoms. The van der Waals surface area contributed by atoms with E-state index >= 15 is 0 Å². The van der Waals surface area contributed by atoms with Gasteiger partial charge in [-0.2, -0.15) is 0 Å². The van der Waals surface area contributed by atoms with E-state index in [4.69, 9.17) is 9.97 Å². The average molecular weight is 587 g/mol. The maximum atomic E-state index is 5.26. The molecule has 1 atom stereocenters. The summed E-state index contributed by atoms with van der Waals surface area (Å²) in [7, 11) is 0. The second-order valence-corrected chi connectivity index (χ2v) is 12.1. The zero-order chi connectivity index (χ0) is 30.5. The number of hydrogen-bond donors (Lipinski definition) is 0. The van der Waals surface area contributed by atoms with E-state index in [9.17, 15) is 0 Å². The van der Waals surface area contributed by atoms with E-state index in [0.29, 0.717) is 0 Å². The molecule has 2 heterocycles. The summed E-state index contributed by atoms with van der Waals surface area (Å²) in [6.45, 7) is 0. The molecule has 0 amide bonds. The van der Waals surface area contributed by atoms with Gasteiger partial charge < -0.3 is 0 Å². The Balaban J connectivity index is 1.13. The summed E-state index contributed by atoms with van der Waals surface area (Å²) in [5.41, 5.74) is 10.2. The summed E-state index contributed by atoms with van der Waals surface area (Å²) in [5.74, 6) is 0.196. The molecule has 216 valence electrons. The predicted molar refractivity (Wildman–Crippen MR) is 194 cm³/mol. The quantitative estimate of drug-likeness (QED) is 0.151. The molecule has 0 radical (unpaired) electrons. The molecule has 0 fully saturated rings. The van der Waals surface area contributed by atoms with E-state index in [1.165, 1.54) is 43.8 Å². The third-order valence-corrected chi connectivity index (χ3v) is 9.37. The van der Waals surface area contributed by atoms with Gasteiger partial charge in [-0.15, -0.1) is 0 Å². The van der Waals surface area contributed by atoms with Gasteiger partial charge in [-0.1, -0.05) is 152 Å². The van der Waals surface area contributed by atoms with Gasteiger partial charge in [-0.05, 0) is 62.4 Å². The van der Waals surface area contributed by atoms with Gasteiger partial charge in [0.15, 0.2) is 0 Å². The van der Waals surface area contributed by atoms with Gasteiger partial charge in [0, 0.05) is 27.9 Å². The minimum atomic E-state index is 0.196. The monoisotopic (exact) mass is 586 g/mol. The normalized spacial score (nSPS) is 14.7. The molecule has 1 unspecified atom stereocenters. The van der Waals surface area contributed by atoms with Crippen LogP contribution in [-0.2, 0) is 0 Å². The van der Waals surface area contributed by atoms with Crippen LogP contribution >= 0.6 is 0 Å². The fourth-order valence-corrected chi connectivity index (χ4v) is 7.14. The first kappa shape index (κ1) is 26.5. The zero-order valence-corrected chi connectivity index (χ0v) is 25.3. The van der Waals surface area contributed by atoms with E-state index < -0.39 is 0 Å². The van der Waals surface area contributed by atoms with Crippen LogP contribution in [0.4, 0.5) is 0 Å². The molecule has 2 aromatic heterocycles. The molecule has 0 spiro atoms. The topological polar surface area (TPSA) is 25.8 Å². The molecule has 0 bridgehead atoms. The minimum absolute atomic E-state index is 0.196. The molecule has 8 aromatic rings. The summed E-state index contributed by atoms with van der Waals surface area (Å²) >= 11 is 0. The van der Waals surface area contributed by atoms with Gasteiger partial charge in [0.2, 0.25) is 0 Å². The predicted octanol–water partition coefficient (Wildman–Crippen LogP) is 11.6. The molecule has 6 aromatic carbocycles. The number of fused-ring (bicyclic) bond motifs is 5. The third-order valence-electron chi connectivity index (χ3n) is 9.37. The number of allylic oxidation sites excluding steroid dienone is 4. The number of rotatable bonds is 4. The van der Waals surface area contributed by atoms with E-state index in [1.54, 1.807) is 0 Å². The van der Waals surface area contributed by atoms with Crippen LogP contribution in [0.15, 0.2) is 164 Å². The second-order valence-electron chi connectivity index (χ2n) is 12.1. The first-order valence-electron chi connectivity index (χ1n) is 16.0. The Morgan fingerprint density at radius 1 is 0.457 bits per heavy atom. The average Bonchev–Trinajstić information content (AvgIpc) is 3.14. The summed E-state index contributed by atoms with van der Waals surface area (Å²) in [5, 5.41) is 7.35. The molecule has 0 N–H and O–H groups in total. The van der Waals surface area contributed by atoms with Crippen LogP contribution in [0.5, 0.6) is 0 Å². The van der Waals surface area contributed by atoms with Crippen LogP contribution in [0.2, 0.25) is 0 Å². The van der Waals surface area contributed by atoms with E-state index in [1.807, 2.05) is 6.07 Å². The van der Waals surface area contributed by atoms with Gasteiger partial charge in [-0.3, -0.25) is 0 Å². The zero-order valence-electron chi connectivity index (χ0n) is 25.3. The van der Waals surface area contributed by atoms with Crippen LogP contribution < -0.4 is 0 Å². The summed E-state index contributed by atoms with van der Waals surface area (Å²) in [4.78, 5) is 10.4. The molecule has 0 saturated carbocycles. The van der Waals surface area contributed by atoms with Crippen molar-refractivity contribution in [3.63, 3.8) is 0 Å². The van der Waals surface area contributed by atoms with Crippen molar-refractivity contribution in [1.82, 2.24) is 9.97 Å². The number of nitrogens with zero attached hydrogens (tertiary/aromatic N) is 2.